The molecule has 24 heavy (non-hydrogen) atoms. The Bertz CT molecular complexity index is 731. The standard InChI is InChI=1S/C20H22N2O2/c23-20(24)22-13-16-10-11-21(12-15-6-2-1-3-7-15)19-9-5-4-8-17(19)18(16)14-22/h1-9,16,18H,10-14H2,(H,23,24)/t16-,18-/m0/s1. The van der Waals surface area contributed by atoms with E-state index in [0.717, 1.165) is 19.5 Å². The molecule has 2 aromatic carbocycles. The summed E-state index contributed by atoms with van der Waals surface area (Å²) in [4.78, 5) is 15.4. The van der Waals surface area contributed by atoms with Crippen LogP contribution >= 0.6 is 0 Å². The maximum atomic E-state index is 11.4. The molecule has 124 valence electrons. The molecule has 2 aromatic rings. The van der Waals surface area contributed by atoms with Gasteiger partial charge in [-0.15, -0.1) is 0 Å². The van der Waals surface area contributed by atoms with E-state index in [4.69, 9.17) is 0 Å². The van der Waals surface area contributed by atoms with Gasteiger partial charge in [0.2, 0.25) is 0 Å². The molecule has 1 amide bonds. The van der Waals surface area contributed by atoms with E-state index in [0.29, 0.717) is 24.9 Å². The summed E-state index contributed by atoms with van der Waals surface area (Å²) in [5, 5.41) is 9.34. The van der Waals surface area contributed by atoms with Crippen molar-refractivity contribution in [1.29, 1.82) is 0 Å². The third-order valence-electron chi connectivity index (χ3n) is 5.37. The number of para-hydroxylation sites is 1. The molecule has 1 N–H and O–H groups in total. The number of hydrogen-bond donors (Lipinski definition) is 1. The first kappa shape index (κ1) is 15.1. The number of benzene rings is 2. The minimum Gasteiger partial charge on any atom is -0.465 e. The van der Waals surface area contributed by atoms with Crippen LogP contribution in [-0.4, -0.2) is 35.7 Å². The molecule has 2 atom stereocenters. The monoisotopic (exact) mass is 322 g/mol. The maximum Gasteiger partial charge on any atom is 0.407 e. The minimum atomic E-state index is -0.790. The Kier molecular flexibility index (Phi) is 3.89. The zero-order chi connectivity index (χ0) is 16.5. The predicted molar refractivity (Wildman–Crippen MR) is 94.4 cm³/mol. The number of amides is 1. The second-order valence-corrected chi connectivity index (χ2v) is 6.81. The highest BCUT2D eigenvalue weighted by molar-refractivity contribution is 5.66. The zero-order valence-corrected chi connectivity index (χ0v) is 13.6. The van der Waals surface area contributed by atoms with E-state index in [2.05, 4.69) is 53.4 Å². The Hall–Kier alpha value is -2.49. The molecule has 0 bridgehead atoms. The van der Waals surface area contributed by atoms with Crippen LogP contribution in [-0.2, 0) is 6.54 Å². The Labute approximate surface area is 142 Å². The summed E-state index contributed by atoms with van der Waals surface area (Å²) in [6.07, 6.45) is 0.248. The summed E-state index contributed by atoms with van der Waals surface area (Å²) in [6, 6.07) is 19.1. The number of likely N-dealkylation sites (tertiary alicyclic amines) is 1. The first-order chi connectivity index (χ1) is 11.7. The fourth-order valence-corrected chi connectivity index (χ4v) is 4.17. The van der Waals surface area contributed by atoms with Crippen molar-refractivity contribution in [2.75, 3.05) is 24.5 Å². The van der Waals surface area contributed by atoms with Gasteiger partial charge in [0.1, 0.15) is 0 Å². The average molecular weight is 322 g/mol. The summed E-state index contributed by atoms with van der Waals surface area (Å²) < 4.78 is 0. The van der Waals surface area contributed by atoms with Gasteiger partial charge in [0.05, 0.1) is 0 Å². The van der Waals surface area contributed by atoms with Crippen LogP contribution in [0.1, 0.15) is 23.5 Å². The zero-order valence-electron chi connectivity index (χ0n) is 13.6. The normalized spacial score (nSPS) is 22.7. The largest absolute Gasteiger partial charge is 0.465 e. The smallest absolute Gasteiger partial charge is 0.407 e. The van der Waals surface area contributed by atoms with Crippen LogP contribution in [0.4, 0.5) is 10.5 Å². The number of carbonyl (C=O) groups is 1. The van der Waals surface area contributed by atoms with Crippen molar-refractivity contribution in [2.45, 2.75) is 18.9 Å². The number of rotatable bonds is 2. The number of carboxylic acid groups (broad SMARTS) is 1. The number of hydrogen-bond acceptors (Lipinski definition) is 2. The highest BCUT2D eigenvalue weighted by Gasteiger charge is 2.39. The summed E-state index contributed by atoms with van der Waals surface area (Å²) in [5.74, 6) is 0.737. The van der Waals surface area contributed by atoms with Crippen molar-refractivity contribution < 1.29 is 9.90 Å². The average Bonchev–Trinajstić information content (AvgIpc) is 2.98. The van der Waals surface area contributed by atoms with E-state index in [-0.39, 0.29) is 0 Å². The van der Waals surface area contributed by atoms with Gasteiger partial charge in [-0.3, -0.25) is 0 Å². The number of anilines is 1. The van der Waals surface area contributed by atoms with Gasteiger partial charge in [0, 0.05) is 37.8 Å². The quantitative estimate of drug-likeness (QED) is 0.915. The lowest BCUT2D eigenvalue weighted by molar-refractivity contribution is 0.153. The molecule has 0 aromatic heterocycles. The molecule has 0 saturated carbocycles. The summed E-state index contributed by atoms with van der Waals surface area (Å²) >= 11 is 0. The van der Waals surface area contributed by atoms with Crippen molar-refractivity contribution in [2.24, 2.45) is 5.92 Å². The van der Waals surface area contributed by atoms with Gasteiger partial charge < -0.3 is 14.9 Å². The van der Waals surface area contributed by atoms with Gasteiger partial charge in [-0.1, -0.05) is 48.5 Å². The summed E-state index contributed by atoms with van der Waals surface area (Å²) in [7, 11) is 0. The third kappa shape index (κ3) is 2.73. The van der Waals surface area contributed by atoms with Gasteiger partial charge in [-0.05, 0) is 29.5 Å². The highest BCUT2D eigenvalue weighted by Crippen LogP contribution is 2.42. The molecule has 2 aliphatic rings. The number of fused-ring (bicyclic) bond motifs is 3. The Morgan fingerprint density at radius 1 is 1.04 bits per heavy atom. The second kappa shape index (κ2) is 6.19. The van der Waals surface area contributed by atoms with E-state index in [1.807, 2.05) is 6.07 Å². The SMILES string of the molecule is O=C(O)N1C[C@@H]2CCN(Cc3ccccc3)c3ccccc3[C@H]2C1. The Balaban J connectivity index is 1.65. The van der Waals surface area contributed by atoms with E-state index >= 15 is 0 Å². The second-order valence-electron chi connectivity index (χ2n) is 6.81. The molecule has 4 rings (SSSR count). The molecule has 0 unspecified atom stereocenters. The fourth-order valence-electron chi connectivity index (χ4n) is 4.17. The first-order valence-electron chi connectivity index (χ1n) is 8.58. The molecule has 2 heterocycles. The molecule has 1 fully saturated rings. The van der Waals surface area contributed by atoms with E-state index in [1.54, 1.807) is 4.90 Å². The lowest BCUT2D eigenvalue weighted by atomic mass is 9.87. The molecule has 4 nitrogen and oxygen atoms in total. The van der Waals surface area contributed by atoms with Crippen LogP contribution in [0, 0.1) is 5.92 Å². The Morgan fingerprint density at radius 3 is 2.58 bits per heavy atom. The Morgan fingerprint density at radius 2 is 1.79 bits per heavy atom. The van der Waals surface area contributed by atoms with Crippen molar-refractivity contribution in [3.8, 4) is 0 Å². The van der Waals surface area contributed by atoms with Crippen molar-refractivity contribution in [3.05, 3.63) is 65.7 Å². The van der Waals surface area contributed by atoms with Crippen LogP contribution in [0.25, 0.3) is 0 Å². The molecule has 0 radical (unpaired) electrons. The van der Waals surface area contributed by atoms with E-state index in [9.17, 15) is 9.90 Å². The summed E-state index contributed by atoms with van der Waals surface area (Å²) in [6.45, 7) is 3.16. The predicted octanol–water partition coefficient (Wildman–Crippen LogP) is 3.79. The molecular formula is C20H22N2O2. The van der Waals surface area contributed by atoms with Gasteiger partial charge in [-0.2, -0.15) is 0 Å². The van der Waals surface area contributed by atoms with Crippen molar-refractivity contribution in [3.63, 3.8) is 0 Å². The molecule has 0 spiro atoms. The van der Waals surface area contributed by atoms with Gasteiger partial charge in [-0.25, -0.2) is 4.79 Å². The molecule has 2 aliphatic heterocycles. The van der Waals surface area contributed by atoms with Crippen molar-refractivity contribution >= 4 is 11.8 Å². The van der Waals surface area contributed by atoms with E-state index < -0.39 is 6.09 Å². The first-order valence-corrected chi connectivity index (χ1v) is 8.58. The highest BCUT2D eigenvalue weighted by atomic mass is 16.4. The lowest BCUT2D eigenvalue weighted by Gasteiger charge is -2.26. The van der Waals surface area contributed by atoms with Gasteiger partial charge >= 0.3 is 6.09 Å². The third-order valence-corrected chi connectivity index (χ3v) is 5.37. The lowest BCUT2D eigenvalue weighted by Crippen LogP contribution is -2.29. The molecule has 1 saturated heterocycles. The van der Waals surface area contributed by atoms with E-state index in [1.165, 1.54) is 16.8 Å². The van der Waals surface area contributed by atoms with Crippen molar-refractivity contribution in [1.82, 2.24) is 4.90 Å². The maximum absolute atomic E-state index is 11.4. The summed E-state index contributed by atoms with van der Waals surface area (Å²) in [5.41, 5.74) is 3.88. The van der Waals surface area contributed by atoms with Crippen LogP contribution in [0.5, 0.6) is 0 Å². The fraction of sp³-hybridized carbons (Fsp3) is 0.350. The molecule has 4 heteroatoms. The minimum absolute atomic E-state index is 0.318. The van der Waals surface area contributed by atoms with Crippen LogP contribution in [0.2, 0.25) is 0 Å². The number of nitrogens with zero attached hydrogens (tertiary/aromatic N) is 2. The van der Waals surface area contributed by atoms with Crippen LogP contribution < -0.4 is 4.90 Å². The van der Waals surface area contributed by atoms with Crippen LogP contribution in [0.15, 0.2) is 54.6 Å². The topological polar surface area (TPSA) is 43.8 Å². The molecule has 0 aliphatic carbocycles. The van der Waals surface area contributed by atoms with Crippen LogP contribution in [0.3, 0.4) is 0 Å². The molecular weight excluding hydrogens is 300 g/mol. The van der Waals surface area contributed by atoms with Gasteiger partial charge in [0.15, 0.2) is 0 Å². The van der Waals surface area contributed by atoms with Gasteiger partial charge in [0.25, 0.3) is 0 Å².